The molecule has 0 aliphatic carbocycles. The van der Waals surface area contributed by atoms with E-state index in [9.17, 15) is 19.6 Å². The first-order valence-corrected chi connectivity index (χ1v) is 13.1. The molecule has 1 aliphatic rings. The topological polar surface area (TPSA) is 138 Å². The van der Waals surface area contributed by atoms with Crippen LogP contribution in [-0.2, 0) is 9.59 Å². The Bertz CT molecular complexity index is 1680. The second-order valence-corrected chi connectivity index (χ2v) is 10.2. The third-order valence-corrected chi connectivity index (χ3v) is 7.39. The summed E-state index contributed by atoms with van der Waals surface area (Å²) in [6.45, 7) is 3.82. The lowest BCUT2D eigenvalue weighted by Crippen LogP contribution is -2.32. The molecule has 0 saturated carbocycles. The zero-order chi connectivity index (χ0) is 28.6. The molecule has 12 heteroatoms. The van der Waals surface area contributed by atoms with Crippen molar-refractivity contribution in [2.75, 3.05) is 20.8 Å². The van der Waals surface area contributed by atoms with Crippen molar-refractivity contribution in [3.8, 4) is 11.3 Å². The van der Waals surface area contributed by atoms with Gasteiger partial charge >= 0.3 is 0 Å². The number of nitrogens with zero attached hydrogens (tertiary/aromatic N) is 3. The van der Waals surface area contributed by atoms with E-state index in [0.717, 1.165) is 16.0 Å². The SMILES string of the molecule is Cc1ccc(N2C(=O)C(Cl)=C(Nc3cccc(C(=O)Nc4nc(-c5ccc(N([O-])O)cc5)cs4)c3)C2=O)cc1C. The van der Waals surface area contributed by atoms with Crippen LogP contribution in [0.4, 0.5) is 22.2 Å². The van der Waals surface area contributed by atoms with Gasteiger partial charge in [0, 0.05) is 22.2 Å². The average Bonchev–Trinajstić information content (AvgIpc) is 3.49. The van der Waals surface area contributed by atoms with Gasteiger partial charge in [0.2, 0.25) is 0 Å². The molecule has 202 valence electrons. The van der Waals surface area contributed by atoms with Crippen LogP contribution in [0.25, 0.3) is 11.3 Å². The van der Waals surface area contributed by atoms with E-state index in [0.29, 0.717) is 27.8 Å². The van der Waals surface area contributed by atoms with Crippen LogP contribution >= 0.6 is 22.9 Å². The Morgan fingerprint density at radius 1 is 1.02 bits per heavy atom. The summed E-state index contributed by atoms with van der Waals surface area (Å²) in [5.74, 6) is -1.67. The number of amides is 3. The summed E-state index contributed by atoms with van der Waals surface area (Å²) < 4.78 is 0. The molecule has 0 unspecified atom stereocenters. The Morgan fingerprint density at radius 3 is 2.48 bits per heavy atom. The summed E-state index contributed by atoms with van der Waals surface area (Å²) in [5, 5.41) is 27.2. The summed E-state index contributed by atoms with van der Waals surface area (Å²) in [4.78, 5) is 44.3. The normalized spacial score (nSPS) is 13.2. The van der Waals surface area contributed by atoms with Gasteiger partial charge in [-0.15, -0.1) is 11.3 Å². The Labute approximate surface area is 237 Å². The smallest absolute Gasteiger partial charge is 0.283 e. The zero-order valence-corrected chi connectivity index (χ0v) is 22.7. The number of aryl methyl sites for hydroxylation is 2. The van der Waals surface area contributed by atoms with Crippen molar-refractivity contribution >= 4 is 62.9 Å². The van der Waals surface area contributed by atoms with Crippen LogP contribution in [0.2, 0.25) is 0 Å². The summed E-state index contributed by atoms with van der Waals surface area (Å²) in [5.41, 5.74) is 4.32. The van der Waals surface area contributed by atoms with Gasteiger partial charge < -0.3 is 15.8 Å². The minimum absolute atomic E-state index is 0.0830. The number of halogens is 1. The quantitative estimate of drug-likeness (QED) is 0.186. The van der Waals surface area contributed by atoms with Crippen molar-refractivity contribution in [1.82, 2.24) is 4.98 Å². The highest BCUT2D eigenvalue weighted by Gasteiger charge is 2.39. The summed E-state index contributed by atoms with van der Waals surface area (Å²) in [6, 6.07) is 17.8. The van der Waals surface area contributed by atoms with Crippen LogP contribution in [0.5, 0.6) is 0 Å². The number of hydrogen-bond donors (Lipinski definition) is 3. The largest absolute Gasteiger partial charge is 0.733 e. The number of anilines is 4. The number of benzene rings is 3. The van der Waals surface area contributed by atoms with Gasteiger partial charge in [-0.2, -0.15) is 0 Å². The zero-order valence-electron chi connectivity index (χ0n) is 21.1. The highest BCUT2D eigenvalue weighted by molar-refractivity contribution is 7.14. The molecule has 1 aromatic heterocycles. The lowest BCUT2D eigenvalue weighted by Gasteiger charge is -2.21. The Morgan fingerprint density at radius 2 is 1.77 bits per heavy atom. The highest BCUT2D eigenvalue weighted by atomic mass is 35.5. The van der Waals surface area contributed by atoms with Crippen molar-refractivity contribution in [2.45, 2.75) is 13.8 Å². The number of thiazole rings is 1. The fourth-order valence-corrected chi connectivity index (χ4v) is 4.91. The van der Waals surface area contributed by atoms with Crippen molar-refractivity contribution < 1.29 is 19.6 Å². The summed E-state index contributed by atoms with van der Waals surface area (Å²) in [7, 11) is 0. The van der Waals surface area contributed by atoms with Crippen molar-refractivity contribution in [3.63, 3.8) is 0 Å². The maximum Gasteiger partial charge on any atom is 0.283 e. The second kappa shape index (κ2) is 10.9. The van der Waals surface area contributed by atoms with Gasteiger partial charge in [-0.05, 0) is 67.4 Å². The third-order valence-electron chi connectivity index (χ3n) is 6.28. The molecular weight excluding hydrogens is 554 g/mol. The monoisotopic (exact) mass is 574 g/mol. The van der Waals surface area contributed by atoms with E-state index in [1.807, 2.05) is 19.9 Å². The van der Waals surface area contributed by atoms with Crippen molar-refractivity contribution in [1.29, 1.82) is 0 Å². The van der Waals surface area contributed by atoms with Gasteiger partial charge in [0.15, 0.2) is 5.13 Å². The lowest BCUT2D eigenvalue weighted by molar-refractivity contribution is -0.120. The second-order valence-electron chi connectivity index (χ2n) is 8.92. The van der Waals surface area contributed by atoms with Gasteiger partial charge in [-0.25, -0.2) is 9.88 Å². The standard InChI is InChI=1S/C28H21ClN5O5S/c1-15-6-9-21(12-16(15)2)33-26(36)23(29)24(27(33)37)30-19-5-3-4-18(13-19)25(35)32-28-31-22(14-40-28)17-7-10-20(11-8-17)34(38)39/h3-14,30,38H,1-2H3,(H,31,32,35)/q-1. The summed E-state index contributed by atoms with van der Waals surface area (Å²) in [6.07, 6.45) is 0. The molecule has 3 amide bonds. The minimum Gasteiger partial charge on any atom is -0.733 e. The Kier molecular flexibility index (Phi) is 7.37. The van der Waals surface area contributed by atoms with Gasteiger partial charge in [0.25, 0.3) is 17.7 Å². The average molecular weight is 575 g/mol. The fourth-order valence-electron chi connectivity index (χ4n) is 3.99. The lowest BCUT2D eigenvalue weighted by atomic mass is 10.1. The van der Waals surface area contributed by atoms with Crippen LogP contribution in [-0.4, -0.2) is 27.9 Å². The first-order chi connectivity index (χ1) is 19.1. The first kappa shape index (κ1) is 27.0. The predicted octanol–water partition coefficient (Wildman–Crippen LogP) is 5.81. The van der Waals surface area contributed by atoms with E-state index in [-0.39, 0.29) is 27.2 Å². The van der Waals surface area contributed by atoms with Crippen LogP contribution in [0.1, 0.15) is 21.5 Å². The molecule has 0 saturated heterocycles. The number of hydrogen-bond acceptors (Lipinski definition) is 9. The van der Waals surface area contributed by atoms with Crippen molar-refractivity contribution in [3.05, 3.63) is 105 Å². The number of rotatable bonds is 7. The molecule has 0 fully saturated rings. The van der Waals surface area contributed by atoms with E-state index in [1.165, 1.54) is 29.5 Å². The van der Waals surface area contributed by atoms with Gasteiger partial charge in [-0.3, -0.25) is 24.9 Å². The minimum atomic E-state index is -0.637. The molecule has 0 atom stereocenters. The van der Waals surface area contributed by atoms with Crippen LogP contribution in [0, 0.1) is 19.1 Å². The van der Waals surface area contributed by atoms with Crippen LogP contribution < -0.4 is 20.8 Å². The molecule has 0 bridgehead atoms. The number of aromatic nitrogens is 1. The molecule has 0 spiro atoms. The number of carbonyl (C=O) groups is 3. The van der Waals surface area contributed by atoms with E-state index in [1.54, 1.807) is 47.8 Å². The molecule has 3 aromatic carbocycles. The van der Waals surface area contributed by atoms with Gasteiger partial charge in [0.05, 0.1) is 17.1 Å². The maximum absolute atomic E-state index is 13.1. The maximum atomic E-state index is 13.1. The van der Waals surface area contributed by atoms with E-state index >= 15 is 0 Å². The molecule has 0 radical (unpaired) electrons. The number of nitrogens with one attached hydrogen (secondary N) is 2. The summed E-state index contributed by atoms with van der Waals surface area (Å²) >= 11 is 7.48. The fraction of sp³-hybridized carbons (Fsp3) is 0.0714. The van der Waals surface area contributed by atoms with E-state index in [4.69, 9.17) is 16.8 Å². The first-order valence-electron chi connectivity index (χ1n) is 11.9. The molecule has 4 aromatic rings. The van der Waals surface area contributed by atoms with E-state index < -0.39 is 17.7 Å². The predicted molar refractivity (Wildman–Crippen MR) is 154 cm³/mol. The molecule has 3 N–H and O–H groups in total. The number of imide groups is 1. The molecule has 1 aliphatic heterocycles. The molecule has 5 rings (SSSR count). The van der Waals surface area contributed by atoms with Crippen molar-refractivity contribution in [2.24, 2.45) is 0 Å². The van der Waals surface area contributed by atoms with E-state index in [2.05, 4.69) is 15.6 Å². The highest BCUT2D eigenvalue weighted by Crippen LogP contribution is 2.32. The Balaban J connectivity index is 1.29. The molecule has 40 heavy (non-hydrogen) atoms. The van der Waals surface area contributed by atoms with Crippen LogP contribution in [0.3, 0.4) is 0 Å². The molecular formula is C28H21ClN5O5S-. The number of carbonyl (C=O) groups excluding carboxylic acids is 3. The van der Waals surface area contributed by atoms with Gasteiger partial charge in [0.1, 0.15) is 10.7 Å². The molecule has 2 heterocycles. The van der Waals surface area contributed by atoms with Gasteiger partial charge in [-0.1, -0.05) is 35.9 Å². The Hall–Kier alpha value is -4.55. The van der Waals surface area contributed by atoms with Crippen LogP contribution in [0.15, 0.2) is 82.8 Å². The molecule has 10 nitrogen and oxygen atoms in total. The third kappa shape index (κ3) is 5.31.